The second-order valence-corrected chi connectivity index (χ2v) is 10.7. The van der Waals surface area contributed by atoms with Gasteiger partial charge >= 0.3 is 5.97 Å². The van der Waals surface area contributed by atoms with E-state index in [1.165, 1.54) is 4.90 Å². The maximum Gasteiger partial charge on any atom is 0.313 e. The van der Waals surface area contributed by atoms with Crippen molar-refractivity contribution >= 4 is 17.8 Å². The molecule has 8 nitrogen and oxygen atoms in total. The minimum Gasteiger partial charge on any atom is -0.465 e. The van der Waals surface area contributed by atoms with Gasteiger partial charge in [-0.15, -0.1) is 0 Å². The van der Waals surface area contributed by atoms with Crippen molar-refractivity contribution in [3.63, 3.8) is 0 Å². The van der Waals surface area contributed by atoms with Crippen molar-refractivity contribution in [1.29, 1.82) is 0 Å². The number of hydrogen-bond donors (Lipinski definition) is 1. The Hall–Kier alpha value is -2.97. The molecule has 1 N–H and O–H groups in total. The molecule has 2 amide bonds. The molecule has 37 heavy (non-hydrogen) atoms. The van der Waals surface area contributed by atoms with Gasteiger partial charge in [-0.05, 0) is 32.3 Å². The quantitative estimate of drug-likeness (QED) is 0.469. The number of ether oxygens (including phenoxy) is 2. The van der Waals surface area contributed by atoms with E-state index in [-0.39, 0.29) is 31.1 Å². The Balaban J connectivity index is 1.69. The topological polar surface area (TPSA) is 96.4 Å². The van der Waals surface area contributed by atoms with Crippen molar-refractivity contribution in [2.75, 3.05) is 19.8 Å². The lowest BCUT2D eigenvalue weighted by atomic mass is 9.74. The summed E-state index contributed by atoms with van der Waals surface area (Å²) in [6.07, 6.45) is 9.75. The molecule has 4 heterocycles. The Morgan fingerprint density at radius 3 is 2.54 bits per heavy atom. The maximum absolute atomic E-state index is 14.4. The van der Waals surface area contributed by atoms with E-state index < -0.39 is 41.1 Å². The number of aliphatic hydroxyl groups excluding tert-OH is 1. The molecule has 1 aromatic carbocycles. The Morgan fingerprint density at radius 1 is 1.08 bits per heavy atom. The Kier molecular flexibility index (Phi) is 6.75. The van der Waals surface area contributed by atoms with Gasteiger partial charge in [-0.2, -0.15) is 0 Å². The number of hydrogen-bond acceptors (Lipinski definition) is 6. The number of nitrogens with zero attached hydrogens (tertiary/aromatic N) is 2. The molecule has 1 spiro atoms. The highest BCUT2D eigenvalue weighted by Crippen LogP contribution is 2.58. The molecule has 1 aromatic rings. The lowest BCUT2D eigenvalue weighted by Crippen LogP contribution is -2.58. The van der Waals surface area contributed by atoms with Gasteiger partial charge in [0.15, 0.2) is 0 Å². The highest BCUT2D eigenvalue weighted by Gasteiger charge is 2.75. The second-order valence-electron chi connectivity index (χ2n) is 10.7. The van der Waals surface area contributed by atoms with Gasteiger partial charge in [0.1, 0.15) is 17.6 Å². The van der Waals surface area contributed by atoms with Crippen LogP contribution in [0.1, 0.15) is 51.6 Å². The summed E-state index contributed by atoms with van der Waals surface area (Å²) in [5.41, 5.74) is -1.77. The molecule has 4 aliphatic heterocycles. The summed E-state index contributed by atoms with van der Waals surface area (Å²) < 4.78 is 12.3. The monoisotopic (exact) mass is 508 g/mol. The van der Waals surface area contributed by atoms with Crippen LogP contribution in [-0.4, -0.2) is 75.7 Å². The van der Waals surface area contributed by atoms with Gasteiger partial charge < -0.3 is 24.4 Å². The number of rotatable bonds is 6. The number of benzene rings is 1. The molecular weight excluding hydrogens is 472 g/mol. The largest absolute Gasteiger partial charge is 0.465 e. The fraction of sp³-hybridized carbons (Fsp3) is 0.552. The van der Waals surface area contributed by atoms with Gasteiger partial charge in [-0.1, -0.05) is 68.0 Å². The van der Waals surface area contributed by atoms with Crippen LogP contribution in [0.2, 0.25) is 0 Å². The third-order valence-electron chi connectivity index (χ3n) is 8.42. The highest BCUT2D eigenvalue weighted by molar-refractivity contribution is 5.99. The van der Waals surface area contributed by atoms with E-state index in [9.17, 15) is 19.5 Å². The van der Waals surface area contributed by atoms with Gasteiger partial charge in [-0.25, -0.2) is 0 Å². The fourth-order valence-corrected chi connectivity index (χ4v) is 6.78. The van der Waals surface area contributed by atoms with Crippen LogP contribution in [0.15, 0.2) is 54.6 Å². The van der Waals surface area contributed by atoms with E-state index in [4.69, 9.17) is 9.47 Å². The van der Waals surface area contributed by atoms with Crippen molar-refractivity contribution in [2.45, 2.75) is 69.4 Å². The van der Waals surface area contributed by atoms with Crippen LogP contribution in [-0.2, 0) is 23.9 Å². The third-order valence-corrected chi connectivity index (χ3v) is 8.42. The Labute approximate surface area is 217 Å². The summed E-state index contributed by atoms with van der Waals surface area (Å²) in [6.45, 7) is 6.12. The predicted octanol–water partition coefficient (Wildman–Crippen LogP) is 2.78. The lowest BCUT2D eigenvalue weighted by molar-refractivity contribution is -0.162. The van der Waals surface area contributed by atoms with Crippen LogP contribution in [0.25, 0.3) is 0 Å². The zero-order valence-electron chi connectivity index (χ0n) is 21.7. The van der Waals surface area contributed by atoms with Gasteiger partial charge in [-0.3, -0.25) is 14.4 Å². The number of fused-ring (bicyclic) bond motifs is 2. The Bertz CT molecular complexity index is 1120. The molecule has 5 rings (SSSR count). The number of esters is 1. The molecule has 198 valence electrons. The number of carbonyl (C=O) groups excluding carboxylic acids is 3. The maximum atomic E-state index is 14.4. The number of carbonyl (C=O) groups is 3. The molecule has 2 fully saturated rings. The summed E-state index contributed by atoms with van der Waals surface area (Å²) in [6, 6.07) is 7.35. The van der Waals surface area contributed by atoms with Crippen molar-refractivity contribution in [2.24, 2.45) is 11.8 Å². The standard InChI is InChI=1S/C29H36N2O6/c1-4-11-19(2)30-16-10-15-29-22(23-27(35)36-17-9-8-14-28(23,3)37-29)25(33)31(24(29)26(30)34)21(18-32)20-12-6-5-7-13-20/h5-8,10,12-15,19,21-24,32H,4,9,11,16-18H2,1-3H3/t19?,21-,22+,23-,24?,28+,29+/m1/s1. The number of amides is 2. The molecule has 0 aliphatic carbocycles. The average Bonchev–Trinajstić information content (AvgIpc) is 3.19. The van der Waals surface area contributed by atoms with E-state index in [1.807, 2.05) is 61.6 Å². The van der Waals surface area contributed by atoms with Gasteiger partial charge in [0.2, 0.25) is 11.8 Å². The van der Waals surface area contributed by atoms with E-state index in [1.54, 1.807) is 11.8 Å². The summed E-state index contributed by atoms with van der Waals surface area (Å²) in [5, 5.41) is 10.6. The number of cyclic esters (lactones) is 1. The SMILES string of the molecule is CCCC(C)N1CC=C[C@]23O[C@@]4(C)C=CCCOC(=O)[C@H]4[C@H]2C(=O)N([C@H](CO)c2ccccc2)C3C1=O. The smallest absolute Gasteiger partial charge is 0.313 e. The van der Waals surface area contributed by atoms with Gasteiger partial charge in [0, 0.05) is 12.6 Å². The molecule has 4 aliphatic rings. The molecule has 8 heteroatoms. The molecule has 2 saturated heterocycles. The van der Waals surface area contributed by atoms with E-state index in [0.29, 0.717) is 18.5 Å². The molecule has 2 unspecified atom stereocenters. The number of likely N-dealkylation sites (tertiary alicyclic amines) is 1. The third kappa shape index (κ3) is 3.92. The summed E-state index contributed by atoms with van der Waals surface area (Å²) in [5.74, 6) is -2.99. The highest BCUT2D eigenvalue weighted by atomic mass is 16.6. The van der Waals surface area contributed by atoms with E-state index in [2.05, 4.69) is 6.92 Å². The minimum absolute atomic E-state index is 0.0480. The first-order valence-electron chi connectivity index (χ1n) is 13.3. The second kappa shape index (κ2) is 9.72. The van der Waals surface area contributed by atoms with Crippen molar-refractivity contribution in [1.82, 2.24) is 9.80 Å². The molecule has 0 radical (unpaired) electrons. The zero-order chi connectivity index (χ0) is 26.4. The number of aliphatic hydroxyl groups is 1. The molecule has 7 atom stereocenters. The van der Waals surface area contributed by atoms with E-state index in [0.717, 1.165) is 12.8 Å². The van der Waals surface area contributed by atoms with Crippen LogP contribution in [0, 0.1) is 11.8 Å². The van der Waals surface area contributed by atoms with Crippen LogP contribution in [0.4, 0.5) is 0 Å². The molecule has 0 saturated carbocycles. The molecule has 0 aromatic heterocycles. The first-order valence-corrected chi connectivity index (χ1v) is 13.3. The van der Waals surface area contributed by atoms with Gasteiger partial charge in [0.05, 0.1) is 30.8 Å². The summed E-state index contributed by atoms with van der Waals surface area (Å²) in [4.78, 5) is 45.5. The average molecular weight is 509 g/mol. The van der Waals surface area contributed by atoms with Crippen molar-refractivity contribution < 1.29 is 29.0 Å². The van der Waals surface area contributed by atoms with E-state index >= 15 is 0 Å². The normalized spacial score (nSPS) is 34.7. The zero-order valence-corrected chi connectivity index (χ0v) is 21.7. The van der Waals surface area contributed by atoms with Gasteiger partial charge in [0.25, 0.3) is 0 Å². The predicted molar refractivity (Wildman–Crippen MR) is 136 cm³/mol. The van der Waals surface area contributed by atoms with Crippen molar-refractivity contribution in [3.8, 4) is 0 Å². The van der Waals surface area contributed by atoms with Crippen LogP contribution in [0.5, 0.6) is 0 Å². The molecule has 0 bridgehead atoms. The van der Waals surface area contributed by atoms with Crippen molar-refractivity contribution in [3.05, 3.63) is 60.2 Å². The lowest BCUT2D eigenvalue weighted by Gasteiger charge is -2.41. The van der Waals surface area contributed by atoms with Crippen LogP contribution >= 0.6 is 0 Å². The fourth-order valence-electron chi connectivity index (χ4n) is 6.78. The van der Waals surface area contributed by atoms with Crippen LogP contribution < -0.4 is 0 Å². The summed E-state index contributed by atoms with van der Waals surface area (Å²) >= 11 is 0. The first kappa shape index (κ1) is 25.7. The Morgan fingerprint density at radius 2 is 1.84 bits per heavy atom. The molecular formula is C29H36N2O6. The minimum atomic E-state index is -1.37. The first-order chi connectivity index (χ1) is 17.8. The van der Waals surface area contributed by atoms with Crippen LogP contribution in [0.3, 0.4) is 0 Å². The summed E-state index contributed by atoms with van der Waals surface area (Å²) in [7, 11) is 0.